The highest BCUT2D eigenvalue weighted by Gasteiger charge is 2.43. The van der Waals surface area contributed by atoms with Crippen LogP contribution in [0.1, 0.15) is 17.7 Å². The molecule has 0 saturated carbocycles. The summed E-state index contributed by atoms with van der Waals surface area (Å²) in [5.74, 6) is -3.57. The van der Waals surface area contributed by atoms with Crippen molar-refractivity contribution in [2.24, 2.45) is 0 Å². The van der Waals surface area contributed by atoms with Gasteiger partial charge in [0.1, 0.15) is 11.4 Å². The molecule has 0 radical (unpaired) electrons. The molecule has 0 aliphatic heterocycles. The minimum atomic E-state index is -5.40. The van der Waals surface area contributed by atoms with E-state index in [2.05, 4.69) is 4.98 Å². The van der Waals surface area contributed by atoms with Crippen LogP contribution in [0.5, 0.6) is 0 Å². The molecule has 17 heavy (non-hydrogen) atoms. The van der Waals surface area contributed by atoms with E-state index in [1.807, 2.05) is 0 Å². The number of hydrogen-bond donors (Lipinski definition) is 0. The maximum Gasteiger partial charge on any atom is 0.423 e. The number of nitro groups is 1. The second-order valence-corrected chi connectivity index (χ2v) is 2.78. The highest BCUT2D eigenvalue weighted by atomic mass is 19.4. The van der Waals surface area contributed by atoms with Crippen LogP contribution in [0.3, 0.4) is 0 Å². The molecule has 0 atom stereocenters. The normalized spacial score (nSPS) is 11.9. The monoisotopic (exact) mass is 260 g/mol. The first-order chi connectivity index (χ1) is 7.64. The second kappa shape index (κ2) is 4.18. The molecular formula is C7H2F6N2O2. The van der Waals surface area contributed by atoms with Gasteiger partial charge in [-0.2, -0.15) is 13.2 Å². The van der Waals surface area contributed by atoms with Crippen molar-refractivity contribution in [3.05, 3.63) is 33.3 Å². The van der Waals surface area contributed by atoms with Crippen LogP contribution < -0.4 is 0 Å². The van der Waals surface area contributed by atoms with Crippen LogP contribution in [0.25, 0.3) is 0 Å². The van der Waals surface area contributed by atoms with E-state index in [4.69, 9.17) is 0 Å². The summed E-state index contributed by atoms with van der Waals surface area (Å²) in [5.41, 5.74) is -4.29. The van der Waals surface area contributed by atoms with Crippen molar-refractivity contribution in [3.63, 3.8) is 0 Å². The molecule has 0 aromatic carbocycles. The molecule has 1 aromatic rings. The van der Waals surface area contributed by atoms with Gasteiger partial charge in [-0.3, -0.25) is 0 Å². The van der Waals surface area contributed by atoms with E-state index in [9.17, 15) is 36.5 Å². The van der Waals surface area contributed by atoms with Crippen molar-refractivity contribution in [1.29, 1.82) is 0 Å². The van der Waals surface area contributed by atoms with Crippen molar-refractivity contribution in [2.75, 3.05) is 0 Å². The molecule has 4 nitrogen and oxygen atoms in total. The van der Waals surface area contributed by atoms with Gasteiger partial charge >= 0.3 is 18.4 Å². The zero-order valence-electron chi connectivity index (χ0n) is 7.63. The largest absolute Gasteiger partial charge is 0.423 e. The average molecular weight is 260 g/mol. The van der Waals surface area contributed by atoms with E-state index < -0.39 is 40.4 Å². The number of alkyl halides is 5. The summed E-state index contributed by atoms with van der Waals surface area (Å²) in [5, 5.41) is 10.1. The molecule has 94 valence electrons. The van der Waals surface area contributed by atoms with E-state index in [1.54, 1.807) is 0 Å². The van der Waals surface area contributed by atoms with Gasteiger partial charge in [0.05, 0.1) is 6.07 Å². The Morgan fingerprint density at radius 1 is 1.35 bits per heavy atom. The zero-order valence-corrected chi connectivity index (χ0v) is 7.63. The third kappa shape index (κ3) is 2.63. The summed E-state index contributed by atoms with van der Waals surface area (Å²) < 4.78 is 74.0. The molecule has 1 heterocycles. The topological polar surface area (TPSA) is 56.0 Å². The fourth-order valence-corrected chi connectivity index (χ4v) is 1.05. The number of rotatable bonds is 2. The molecule has 1 aromatic heterocycles. The lowest BCUT2D eigenvalue weighted by Crippen LogP contribution is -2.15. The van der Waals surface area contributed by atoms with Crippen LogP contribution in [-0.4, -0.2) is 9.91 Å². The van der Waals surface area contributed by atoms with Gasteiger partial charge < -0.3 is 10.1 Å². The number of pyridine rings is 1. The molecule has 0 aliphatic rings. The van der Waals surface area contributed by atoms with Crippen LogP contribution >= 0.6 is 0 Å². The van der Waals surface area contributed by atoms with Gasteiger partial charge in [-0.15, -0.1) is 0 Å². The lowest BCUT2D eigenvalue weighted by molar-refractivity contribution is -0.390. The highest BCUT2D eigenvalue weighted by molar-refractivity contribution is 5.33. The molecule has 0 aliphatic carbocycles. The lowest BCUT2D eigenvalue weighted by Gasteiger charge is -2.09. The van der Waals surface area contributed by atoms with Crippen molar-refractivity contribution in [1.82, 2.24) is 4.98 Å². The van der Waals surface area contributed by atoms with Crippen LogP contribution in [0.4, 0.5) is 32.2 Å². The quantitative estimate of drug-likeness (QED) is 0.466. The SMILES string of the molecule is O=[N+]([O-])c1cc(F)c(C(F)(F)F)c(C(F)F)n1. The standard InChI is InChI=1S/C7H2F6N2O2/c8-2-1-3(15(16)17)14-5(6(9)10)4(2)7(11,12)13/h1,6H. The van der Waals surface area contributed by atoms with E-state index in [1.165, 1.54) is 0 Å². The molecule has 10 heteroatoms. The van der Waals surface area contributed by atoms with Gasteiger partial charge in [0.2, 0.25) is 5.69 Å². The third-order valence-electron chi connectivity index (χ3n) is 1.66. The van der Waals surface area contributed by atoms with E-state index >= 15 is 0 Å². The Morgan fingerprint density at radius 3 is 2.24 bits per heavy atom. The fraction of sp³-hybridized carbons (Fsp3) is 0.286. The van der Waals surface area contributed by atoms with Crippen molar-refractivity contribution in [2.45, 2.75) is 12.6 Å². The molecule has 1 rings (SSSR count). The van der Waals surface area contributed by atoms with E-state index in [-0.39, 0.29) is 6.07 Å². The van der Waals surface area contributed by atoms with Gasteiger partial charge in [-0.25, -0.2) is 13.2 Å². The molecule has 0 spiro atoms. The number of aromatic nitrogens is 1. The summed E-state index contributed by atoms with van der Waals surface area (Å²) in [7, 11) is 0. The van der Waals surface area contributed by atoms with Gasteiger partial charge in [-0.1, -0.05) is 0 Å². The van der Waals surface area contributed by atoms with Crippen LogP contribution in [0, 0.1) is 15.9 Å². The summed E-state index contributed by atoms with van der Waals surface area (Å²) in [6.45, 7) is 0. The Balaban J connectivity index is 3.55. The Labute approximate surface area is 89.0 Å². The van der Waals surface area contributed by atoms with Gasteiger partial charge in [0.25, 0.3) is 0 Å². The van der Waals surface area contributed by atoms with Crippen LogP contribution in [0.15, 0.2) is 6.07 Å². The minimum Gasteiger partial charge on any atom is -0.358 e. The van der Waals surface area contributed by atoms with Crippen molar-refractivity contribution >= 4 is 5.82 Å². The smallest absolute Gasteiger partial charge is 0.358 e. The summed E-state index contributed by atoms with van der Waals surface area (Å²) in [6, 6.07) is -0.158. The lowest BCUT2D eigenvalue weighted by atomic mass is 10.1. The number of halogens is 6. The predicted molar refractivity (Wildman–Crippen MR) is 40.8 cm³/mol. The van der Waals surface area contributed by atoms with Gasteiger partial charge in [0.15, 0.2) is 0 Å². The molecule has 0 bridgehead atoms. The first kappa shape index (κ1) is 13.2. The second-order valence-electron chi connectivity index (χ2n) is 2.78. The fourth-order valence-electron chi connectivity index (χ4n) is 1.05. The van der Waals surface area contributed by atoms with E-state index in [0.29, 0.717) is 0 Å². The summed E-state index contributed by atoms with van der Waals surface area (Å²) in [6.07, 6.45) is -9.18. The number of hydrogen-bond acceptors (Lipinski definition) is 3. The molecule has 0 fully saturated rings. The Hall–Kier alpha value is -1.87. The molecule has 0 N–H and O–H groups in total. The highest BCUT2D eigenvalue weighted by Crippen LogP contribution is 2.38. The average Bonchev–Trinajstić information content (AvgIpc) is 2.13. The molecular weight excluding hydrogens is 258 g/mol. The predicted octanol–water partition coefficient (Wildman–Crippen LogP) is 3.09. The van der Waals surface area contributed by atoms with Gasteiger partial charge in [-0.05, 0) is 9.91 Å². The molecule has 0 unspecified atom stereocenters. The van der Waals surface area contributed by atoms with Crippen LogP contribution in [-0.2, 0) is 6.18 Å². The maximum absolute atomic E-state index is 12.9. The Kier molecular flexibility index (Phi) is 3.25. The maximum atomic E-state index is 12.9. The minimum absolute atomic E-state index is 0.158. The summed E-state index contributed by atoms with van der Waals surface area (Å²) in [4.78, 5) is 11.3. The van der Waals surface area contributed by atoms with Gasteiger partial charge in [0, 0.05) is 0 Å². The molecule has 0 amide bonds. The molecule has 0 saturated heterocycles. The Bertz CT molecular complexity index is 458. The van der Waals surface area contributed by atoms with Crippen molar-refractivity contribution in [3.8, 4) is 0 Å². The Morgan fingerprint density at radius 2 is 1.88 bits per heavy atom. The first-order valence-electron chi connectivity index (χ1n) is 3.84. The van der Waals surface area contributed by atoms with Crippen LogP contribution in [0.2, 0.25) is 0 Å². The summed E-state index contributed by atoms with van der Waals surface area (Å²) >= 11 is 0. The van der Waals surface area contributed by atoms with E-state index in [0.717, 1.165) is 0 Å². The third-order valence-corrected chi connectivity index (χ3v) is 1.66. The first-order valence-corrected chi connectivity index (χ1v) is 3.84. The number of nitrogens with zero attached hydrogens (tertiary/aromatic N) is 2. The zero-order chi connectivity index (χ0) is 13.4. The van der Waals surface area contributed by atoms with Crippen molar-refractivity contribution < 1.29 is 31.3 Å².